The van der Waals surface area contributed by atoms with E-state index >= 15 is 0 Å². The van der Waals surface area contributed by atoms with Gasteiger partial charge in [-0.15, -0.1) is 0 Å². The normalized spacial score (nSPS) is 11.9. The molecule has 0 amide bonds. The molecule has 0 aliphatic carbocycles. The minimum Gasteiger partial charge on any atom is -0.462 e. The Kier molecular flexibility index (Phi) is 3.99. The van der Waals surface area contributed by atoms with Crippen molar-refractivity contribution in [1.82, 2.24) is 4.98 Å². The SMILES string of the molecule is CCP(=O)(CC)c1ccoc1-c1nc(N)sc1Br. The molecule has 0 fully saturated rings. The standard InChI is InChI=1S/C11H14BrN2O2PS/c1-3-17(15,4-2)7-5-6-16-9(7)8-10(12)18-11(13)14-8/h5-6H,3-4H2,1-2H3,(H2,13,14). The molecule has 0 aliphatic heterocycles. The minimum atomic E-state index is -2.39. The molecule has 0 radical (unpaired) electrons. The third-order valence-electron chi connectivity index (χ3n) is 2.92. The molecule has 0 unspecified atom stereocenters. The summed E-state index contributed by atoms with van der Waals surface area (Å²) >= 11 is 4.75. The molecule has 4 nitrogen and oxygen atoms in total. The van der Waals surface area contributed by atoms with Gasteiger partial charge in [0.05, 0.1) is 11.6 Å². The van der Waals surface area contributed by atoms with Gasteiger partial charge in [-0.1, -0.05) is 25.2 Å². The number of rotatable bonds is 4. The van der Waals surface area contributed by atoms with Crippen molar-refractivity contribution in [3.8, 4) is 11.5 Å². The summed E-state index contributed by atoms with van der Waals surface area (Å²) in [5, 5.41) is 1.22. The lowest BCUT2D eigenvalue weighted by Gasteiger charge is -2.13. The maximum absolute atomic E-state index is 12.8. The summed E-state index contributed by atoms with van der Waals surface area (Å²) in [6.45, 7) is 3.87. The largest absolute Gasteiger partial charge is 0.462 e. The van der Waals surface area contributed by atoms with Gasteiger partial charge in [-0.3, -0.25) is 0 Å². The zero-order chi connectivity index (χ0) is 13.3. The number of nitrogens with two attached hydrogens (primary N) is 1. The van der Waals surface area contributed by atoms with Gasteiger partial charge in [0.1, 0.15) is 16.6 Å². The molecule has 2 aromatic rings. The van der Waals surface area contributed by atoms with Crippen molar-refractivity contribution >= 4 is 44.8 Å². The number of hydrogen-bond donors (Lipinski definition) is 1. The number of nitrogen functional groups attached to an aromatic ring is 1. The van der Waals surface area contributed by atoms with E-state index in [2.05, 4.69) is 20.9 Å². The van der Waals surface area contributed by atoms with Crippen molar-refractivity contribution in [2.75, 3.05) is 18.1 Å². The topological polar surface area (TPSA) is 69.1 Å². The number of nitrogens with zero attached hydrogens (tertiary/aromatic N) is 1. The summed E-state index contributed by atoms with van der Waals surface area (Å²) in [6, 6.07) is 1.78. The van der Waals surface area contributed by atoms with Crippen LogP contribution in [0.5, 0.6) is 0 Å². The molecule has 0 aromatic carbocycles. The molecule has 2 rings (SSSR count). The van der Waals surface area contributed by atoms with Crippen LogP contribution in [0.3, 0.4) is 0 Å². The Bertz CT molecular complexity index is 600. The second-order valence-corrected chi connectivity index (χ2v) is 9.71. The summed E-state index contributed by atoms with van der Waals surface area (Å²) in [5.41, 5.74) is 6.31. The molecular weight excluding hydrogens is 335 g/mol. The predicted molar refractivity (Wildman–Crippen MR) is 80.3 cm³/mol. The minimum absolute atomic E-state index is 0.460. The molecular formula is C11H14BrN2O2PS. The summed E-state index contributed by atoms with van der Waals surface area (Å²) in [7, 11) is -2.39. The van der Waals surface area contributed by atoms with Gasteiger partial charge in [-0.05, 0) is 22.0 Å². The van der Waals surface area contributed by atoms with Crippen LogP contribution in [0.1, 0.15) is 13.8 Å². The Morgan fingerprint density at radius 1 is 1.50 bits per heavy atom. The fourth-order valence-corrected chi connectivity index (χ4v) is 5.13. The fourth-order valence-electron chi connectivity index (χ4n) is 1.82. The van der Waals surface area contributed by atoms with Crippen molar-refractivity contribution in [1.29, 1.82) is 0 Å². The zero-order valence-electron chi connectivity index (χ0n) is 10.1. The molecule has 0 aliphatic rings. The number of halogens is 1. The van der Waals surface area contributed by atoms with Crippen LogP contribution >= 0.6 is 34.4 Å². The first kappa shape index (κ1) is 13.8. The summed E-state index contributed by atoms with van der Waals surface area (Å²) < 4.78 is 19.1. The monoisotopic (exact) mass is 348 g/mol. The van der Waals surface area contributed by atoms with E-state index in [-0.39, 0.29) is 0 Å². The van der Waals surface area contributed by atoms with Gasteiger partial charge in [-0.25, -0.2) is 4.98 Å². The van der Waals surface area contributed by atoms with E-state index in [1.54, 1.807) is 12.3 Å². The highest BCUT2D eigenvalue weighted by Gasteiger charge is 2.28. The first-order valence-electron chi connectivity index (χ1n) is 5.60. The lowest BCUT2D eigenvalue weighted by atomic mass is 10.4. The second kappa shape index (κ2) is 5.19. The van der Waals surface area contributed by atoms with Gasteiger partial charge in [-0.2, -0.15) is 0 Å². The molecule has 0 spiro atoms. The average Bonchev–Trinajstić information content (AvgIpc) is 2.94. The van der Waals surface area contributed by atoms with E-state index in [0.29, 0.717) is 28.9 Å². The van der Waals surface area contributed by atoms with Crippen LogP contribution in [0.2, 0.25) is 0 Å². The van der Waals surface area contributed by atoms with Crippen molar-refractivity contribution in [2.45, 2.75) is 13.8 Å². The quantitative estimate of drug-likeness (QED) is 0.853. The van der Waals surface area contributed by atoms with E-state index < -0.39 is 7.14 Å². The van der Waals surface area contributed by atoms with Gasteiger partial charge in [0, 0.05) is 12.3 Å². The van der Waals surface area contributed by atoms with E-state index in [1.807, 2.05) is 13.8 Å². The zero-order valence-corrected chi connectivity index (χ0v) is 13.4. The maximum Gasteiger partial charge on any atom is 0.181 e. The smallest absolute Gasteiger partial charge is 0.181 e. The number of thiazole rings is 1. The number of furan rings is 1. The van der Waals surface area contributed by atoms with Crippen LogP contribution in [-0.4, -0.2) is 17.3 Å². The highest BCUT2D eigenvalue weighted by atomic mass is 79.9. The fraction of sp³-hybridized carbons (Fsp3) is 0.364. The Morgan fingerprint density at radius 2 is 2.17 bits per heavy atom. The van der Waals surface area contributed by atoms with Crippen LogP contribution < -0.4 is 11.0 Å². The lowest BCUT2D eigenvalue weighted by molar-refractivity contribution is 0.576. The highest BCUT2D eigenvalue weighted by Crippen LogP contribution is 2.47. The lowest BCUT2D eigenvalue weighted by Crippen LogP contribution is -2.09. The van der Waals surface area contributed by atoms with Crippen molar-refractivity contribution < 1.29 is 8.98 Å². The van der Waals surface area contributed by atoms with E-state index in [9.17, 15) is 4.57 Å². The second-order valence-electron chi connectivity index (χ2n) is 3.83. The summed E-state index contributed by atoms with van der Waals surface area (Å²) in [4.78, 5) is 4.23. The molecule has 0 atom stereocenters. The molecule has 0 bridgehead atoms. The third kappa shape index (κ3) is 2.29. The molecule has 2 aromatic heterocycles. The van der Waals surface area contributed by atoms with Gasteiger partial charge in [0.25, 0.3) is 0 Å². The molecule has 0 saturated heterocycles. The van der Waals surface area contributed by atoms with Crippen LogP contribution in [-0.2, 0) is 4.57 Å². The Hall–Kier alpha value is -0.580. The van der Waals surface area contributed by atoms with Gasteiger partial charge < -0.3 is 14.7 Å². The maximum atomic E-state index is 12.8. The van der Waals surface area contributed by atoms with Gasteiger partial charge >= 0.3 is 0 Å². The number of hydrogen-bond acceptors (Lipinski definition) is 5. The first-order chi connectivity index (χ1) is 8.51. The van der Waals surface area contributed by atoms with Crippen LogP contribution in [0.25, 0.3) is 11.5 Å². The summed E-state index contributed by atoms with van der Waals surface area (Å²) in [5.74, 6) is 0.571. The molecule has 7 heteroatoms. The molecule has 0 saturated carbocycles. The van der Waals surface area contributed by atoms with Crippen molar-refractivity contribution in [2.24, 2.45) is 0 Å². The highest BCUT2D eigenvalue weighted by molar-refractivity contribution is 9.11. The van der Waals surface area contributed by atoms with Crippen LogP contribution in [0.15, 0.2) is 20.5 Å². The molecule has 2 N–H and O–H groups in total. The Morgan fingerprint density at radius 3 is 2.67 bits per heavy atom. The van der Waals surface area contributed by atoms with Crippen molar-refractivity contribution in [3.63, 3.8) is 0 Å². The van der Waals surface area contributed by atoms with Crippen LogP contribution in [0, 0.1) is 0 Å². The number of aromatic nitrogens is 1. The number of anilines is 1. The summed E-state index contributed by atoms with van der Waals surface area (Å²) in [6.07, 6.45) is 2.80. The third-order valence-corrected chi connectivity index (χ3v) is 7.73. The van der Waals surface area contributed by atoms with E-state index in [4.69, 9.17) is 10.2 Å². The van der Waals surface area contributed by atoms with Crippen LogP contribution in [0.4, 0.5) is 5.13 Å². The molecule has 98 valence electrons. The molecule has 18 heavy (non-hydrogen) atoms. The Balaban J connectivity index is 2.58. The average molecular weight is 349 g/mol. The van der Waals surface area contributed by atoms with Gasteiger partial charge in [0.2, 0.25) is 0 Å². The predicted octanol–water partition coefficient (Wildman–Crippen LogP) is 3.78. The molecule has 2 heterocycles. The van der Waals surface area contributed by atoms with Crippen molar-refractivity contribution in [3.05, 3.63) is 16.1 Å². The first-order valence-corrected chi connectivity index (χ1v) is 9.28. The van der Waals surface area contributed by atoms with Gasteiger partial charge in [0.15, 0.2) is 10.9 Å². The van der Waals surface area contributed by atoms with E-state index in [0.717, 1.165) is 9.09 Å². The van der Waals surface area contributed by atoms with E-state index in [1.165, 1.54) is 11.3 Å². The Labute approximate surface area is 118 Å².